The lowest BCUT2D eigenvalue weighted by molar-refractivity contribution is -0.122. The van der Waals surface area contributed by atoms with Crippen molar-refractivity contribution in [1.29, 1.82) is 0 Å². The molecule has 41 heavy (non-hydrogen) atoms. The van der Waals surface area contributed by atoms with Gasteiger partial charge in [-0.1, -0.05) is 20.8 Å². The highest BCUT2D eigenvalue weighted by molar-refractivity contribution is 8.00. The fourth-order valence-corrected chi connectivity index (χ4v) is 5.96. The number of aromatic nitrogens is 2. The van der Waals surface area contributed by atoms with E-state index < -0.39 is 5.41 Å². The number of methoxy groups -OCH3 is 2. The summed E-state index contributed by atoms with van der Waals surface area (Å²) in [6, 6.07) is 11.5. The van der Waals surface area contributed by atoms with E-state index in [0.717, 1.165) is 16.8 Å². The number of rotatable bonds is 9. The fraction of sp³-hybridized carbons (Fsp3) is 0.433. The van der Waals surface area contributed by atoms with Crippen molar-refractivity contribution < 1.29 is 23.5 Å². The van der Waals surface area contributed by atoms with E-state index in [4.69, 9.17) is 14.6 Å². The molecule has 0 fully saturated rings. The van der Waals surface area contributed by atoms with Crippen molar-refractivity contribution >= 4 is 29.4 Å². The van der Waals surface area contributed by atoms with Crippen LogP contribution in [0.3, 0.4) is 0 Å². The van der Waals surface area contributed by atoms with Gasteiger partial charge in [0.05, 0.1) is 36.6 Å². The van der Waals surface area contributed by atoms with Crippen LogP contribution in [0.5, 0.6) is 11.5 Å². The predicted octanol–water partition coefficient (Wildman–Crippen LogP) is 4.17. The molecule has 1 aliphatic rings. The second-order valence-electron chi connectivity index (χ2n) is 11.2. The van der Waals surface area contributed by atoms with Crippen LogP contribution >= 0.6 is 11.8 Å². The number of hydrogen-bond acceptors (Lipinski definition) is 7. The quantitative estimate of drug-likeness (QED) is 0.405. The average Bonchev–Trinajstić information content (AvgIpc) is 3.26. The van der Waals surface area contributed by atoms with E-state index in [1.807, 2.05) is 37.2 Å². The molecule has 1 aromatic heterocycles. The first-order valence-electron chi connectivity index (χ1n) is 13.4. The summed E-state index contributed by atoms with van der Waals surface area (Å²) in [5.74, 6) is 1.01. The number of likely N-dealkylation sites (N-methyl/N-ethyl adjacent to an activating group) is 1. The molecule has 0 aliphatic carbocycles. The molecular weight excluding hydrogens is 545 g/mol. The van der Waals surface area contributed by atoms with Crippen LogP contribution in [-0.4, -0.2) is 80.2 Å². The Bertz CT molecular complexity index is 1400. The molecule has 220 valence electrons. The summed E-state index contributed by atoms with van der Waals surface area (Å²) in [6.45, 7) is 7.10. The maximum Gasteiger partial charge on any atom is 0.240 e. The Morgan fingerprint density at radius 1 is 1.15 bits per heavy atom. The molecule has 2 aromatic carbocycles. The number of fused-ring (bicyclic) bond motifs is 1. The molecule has 0 radical (unpaired) electrons. The summed E-state index contributed by atoms with van der Waals surface area (Å²) in [6.07, 6.45) is 0. The number of ether oxygens (including phenoxy) is 2. The van der Waals surface area contributed by atoms with E-state index in [1.165, 1.54) is 28.8 Å². The summed E-state index contributed by atoms with van der Waals surface area (Å²) in [4.78, 5) is 30.4. The zero-order chi connectivity index (χ0) is 29.9. The number of halogens is 1. The van der Waals surface area contributed by atoms with Crippen LogP contribution in [0.2, 0.25) is 0 Å². The number of benzene rings is 2. The summed E-state index contributed by atoms with van der Waals surface area (Å²) in [7, 11) is 7.06. The lowest BCUT2D eigenvalue weighted by atomic mass is 9.87. The molecule has 3 aromatic rings. The van der Waals surface area contributed by atoms with Gasteiger partial charge in [0, 0.05) is 29.6 Å². The Kier molecular flexibility index (Phi) is 9.28. The molecule has 2 heterocycles. The number of anilines is 1. The Morgan fingerprint density at radius 2 is 1.85 bits per heavy atom. The van der Waals surface area contributed by atoms with Crippen molar-refractivity contribution in [1.82, 2.24) is 20.0 Å². The van der Waals surface area contributed by atoms with Crippen LogP contribution in [0.25, 0.3) is 5.69 Å². The van der Waals surface area contributed by atoms with Gasteiger partial charge in [-0.2, -0.15) is 5.10 Å². The lowest BCUT2D eigenvalue weighted by Gasteiger charge is -2.25. The molecule has 4 rings (SSSR count). The summed E-state index contributed by atoms with van der Waals surface area (Å²) in [5.41, 5.74) is 2.52. The normalized spacial score (nSPS) is 15.5. The highest BCUT2D eigenvalue weighted by atomic mass is 32.2. The first-order chi connectivity index (χ1) is 19.4. The highest BCUT2D eigenvalue weighted by Gasteiger charge is 2.40. The highest BCUT2D eigenvalue weighted by Crippen LogP contribution is 2.50. The summed E-state index contributed by atoms with van der Waals surface area (Å²) >= 11 is 1.45. The monoisotopic (exact) mass is 583 g/mol. The van der Waals surface area contributed by atoms with Crippen molar-refractivity contribution in [3.05, 3.63) is 65.1 Å². The van der Waals surface area contributed by atoms with E-state index in [-0.39, 0.29) is 35.2 Å². The molecule has 0 spiro atoms. The second kappa shape index (κ2) is 12.5. The van der Waals surface area contributed by atoms with Crippen LogP contribution in [-0.2, 0) is 15.0 Å². The minimum atomic E-state index is -0.437. The zero-order valence-corrected chi connectivity index (χ0v) is 25.5. The van der Waals surface area contributed by atoms with E-state index in [1.54, 1.807) is 31.0 Å². The number of hydrogen-bond donors (Lipinski definition) is 1. The molecule has 2 amide bonds. The molecule has 9 nitrogen and oxygen atoms in total. The zero-order valence-electron chi connectivity index (χ0n) is 24.7. The Balaban J connectivity index is 1.97. The predicted molar refractivity (Wildman–Crippen MR) is 160 cm³/mol. The van der Waals surface area contributed by atoms with Gasteiger partial charge in [-0.15, -0.1) is 11.8 Å². The number of carbonyl (C=O) groups is 2. The van der Waals surface area contributed by atoms with Crippen LogP contribution in [0.15, 0.2) is 42.5 Å². The molecule has 1 N–H and O–H groups in total. The number of nitrogens with one attached hydrogen (secondary N) is 1. The standard InChI is InChI=1S/C30H38FN5O4S/c1-30(2,3)28-26-27(22-16-21(39-6)12-13-23(22)40-7)41-18-25(38)35(17-24(37)32-14-15-34(4)5)29(26)36(33-28)20-10-8-19(31)9-11-20/h8-13,16,27H,14-15,17-18H2,1-7H3,(H,32,37). The van der Waals surface area contributed by atoms with Gasteiger partial charge in [-0.05, 0) is 56.6 Å². The van der Waals surface area contributed by atoms with Crippen LogP contribution < -0.4 is 19.7 Å². The maximum absolute atomic E-state index is 13.9. The van der Waals surface area contributed by atoms with Gasteiger partial charge in [-0.25, -0.2) is 9.07 Å². The minimum absolute atomic E-state index is 0.123. The molecule has 0 saturated heterocycles. The molecule has 11 heteroatoms. The molecule has 1 atom stereocenters. The van der Waals surface area contributed by atoms with Gasteiger partial charge in [-0.3, -0.25) is 14.5 Å². The summed E-state index contributed by atoms with van der Waals surface area (Å²) < 4.78 is 26.9. The molecule has 0 saturated carbocycles. The van der Waals surface area contributed by atoms with Crippen molar-refractivity contribution in [2.45, 2.75) is 31.4 Å². The minimum Gasteiger partial charge on any atom is -0.497 e. The van der Waals surface area contributed by atoms with Gasteiger partial charge in [0.15, 0.2) is 0 Å². The molecule has 0 bridgehead atoms. The molecule has 1 unspecified atom stereocenters. The van der Waals surface area contributed by atoms with Gasteiger partial charge in [0.1, 0.15) is 29.7 Å². The van der Waals surface area contributed by atoms with Crippen molar-refractivity contribution in [3.63, 3.8) is 0 Å². The Labute approximate surface area is 245 Å². The second-order valence-corrected chi connectivity index (χ2v) is 12.2. The van der Waals surface area contributed by atoms with Gasteiger partial charge >= 0.3 is 0 Å². The Hall–Kier alpha value is -3.57. The van der Waals surface area contributed by atoms with Gasteiger partial charge < -0.3 is 19.7 Å². The van der Waals surface area contributed by atoms with Crippen LogP contribution in [0.4, 0.5) is 10.2 Å². The first kappa shape index (κ1) is 30.4. The largest absolute Gasteiger partial charge is 0.497 e. The third-order valence-corrected chi connectivity index (χ3v) is 8.01. The molecule has 1 aliphatic heterocycles. The Morgan fingerprint density at radius 3 is 2.46 bits per heavy atom. The number of thioether (sulfide) groups is 1. The number of amides is 2. The maximum atomic E-state index is 13.9. The van der Waals surface area contributed by atoms with E-state index >= 15 is 0 Å². The topological polar surface area (TPSA) is 88.9 Å². The van der Waals surface area contributed by atoms with E-state index in [2.05, 4.69) is 26.1 Å². The first-order valence-corrected chi connectivity index (χ1v) is 14.4. The third-order valence-electron chi connectivity index (χ3n) is 6.77. The van der Waals surface area contributed by atoms with Crippen LogP contribution in [0, 0.1) is 5.82 Å². The smallest absolute Gasteiger partial charge is 0.240 e. The lowest BCUT2D eigenvalue weighted by Crippen LogP contribution is -2.43. The van der Waals surface area contributed by atoms with Gasteiger partial charge in [0.2, 0.25) is 11.8 Å². The van der Waals surface area contributed by atoms with Crippen LogP contribution in [0.1, 0.15) is 42.8 Å². The SMILES string of the molecule is COc1ccc(OC)c(C2SCC(=O)N(CC(=O)NCCN(C)C)c3c2c(C(C)(C)C)nn3-c2ccc(F)cc2)c1. The van der Waals surface area contributed by atoms with E-state index in [9.17, 15) is 14.0 Å². The van der Waals surface area contributed by atoms with E-state index in [0.29, 0.717) is 36.1 Å². The third kappa shape index (κ3) is 6.68. The number of nitrogens with zero attached hydrogens (tertiary/aromatic N) is 4. The average molecular weight is 584 g/mol. The number of carbonyl (C=O) groups excluding carboxylic acids is 2. The van der Waals surface area contributed by atoms with Crippen molar-refractivity contribution in [2.24, 2.45) is 0 Å². The van der Waals surface area contributed by atoms with Gasteiger partial charge in [0.25, 0.3) is 0 Å². The van der Waals surface area contributed by atoms with Crippen molar-refractivity contribution in [2.75, 3.05) is 58.6 Å². The van der Waals surface area contributed by atoms with Crippen molar-refractivity contribution in [3.8, 4) is 17.2 Å². The summed E-state index contributed by atoms with van der Waals surface area (Å²) in [5, 5.41) is 7.58. The molecular formula is C30H38FN5O4S. The fourth-order valence-electron chi connectivity index (χ4n) is 4.74.